The normalized spacial score (nSPS) is 26.5. The lowest BCUT2D eigenvalue weighted by Gasteiger charge is -2.28. The molecule has 2 bridgehead atoms. The van der Waals surface area contributed by atoms with Crippen LogP contribution in [0.25, 0.3) is 0 Å². The SMILES string of the molecule is COC(=O)N1[C@@H]2CC[C@H]1[C@@H](S(=O)(=O)c1ccc(C)cc1)[C@@H]2c1ccc(Cl)nc1. The van der Waals surface area contributed by atoms with Crippen LogP contribution in [-0.2, 0) is 14.6 Å². The number of hydrogen-bond donors (Lipinski definition) is 0. The van der Waals surface area contributed by atoms with E-state index in [1.165, 1.54) is 7.11 Å². The van der Waals surface area contributed by atoms with E-state index in [2.05, 4.69) is 4.98 Å². The highest BCUT2D eigenvalue weighted by Crippen LogP contribution is 2.51. The Kier molecular flexibility index (Phi) is 4.83. The van der Waals surface area contributed by atoms with Gasteiger partial charge in [0.25, 0.3) is 0 Å². The zero-order chi connectivity index (χ0) is 20.1. The van der Waals surface area contributed by atoms with Crippen molar-refractivity contribution in [1.29, 1.82) is 0 Å². The number of rotatable bonds is 3. The van der Waals surface area contributed by atoms with Crippen molar-refractivity contribution in [3.63, 3.8) is 0 Å². The van der Waals surface area contributed by atoms with Crippen LogP contribution in [0, 0.1) is 6.92 Å². The summed E-state index contributed by atoms with van der Waals surface area (Å²) in [6, 6.07) is 9.63. The third-order valence-corrected chi connectivity index (χ3v) is 8.33. The first-order valence-corrected chi connectivity index (χ1v) is 11.1. The molecule has 0 saturated carbocycles. The molecule has 148 valence electrons. The Hall–Kier alpha value is -2.12. The van der Waals surface area contributed by atoms with Crippen molar-refractivity contribution in [2.75, 3.05) is 7.11 Å². The van der Waals surface area contributed by atoms with Gasteiger partial charge < -0.3 is 9.64 Å². The first-order chi connectivity index (χ1) is 13.3. The van der Waals surface area contributed by atoms with Gasteiger partial charge in [0.2, 0.25) is 0 Å². The second-order valence-electron chi connectivity index (χ2n) is 7.35. The fourth-order valence-electron chi connectivity index (χ4n) is 4.66. The van der Waals surface area contributed by atoms with Gasteiger partial charge in [0.05, 0.1) is 23.3 Å². The molecule has 1 aromatic heterocycles. The smallest absolute Gasteiger partial charge is 0.410 e. The minimum absolute atomic E-state index is 0.245. The average Bonchev–Trinajstić information content (AvgIpc) is 3.25. The van der Waals surface area contributed by atoms with Gasteiger partial charge >= 0.3 is 6.09 Å². The molecule has 8 heteroatoms. The number of carbonyl (C=O) groups excluding carboxylic acids is 1. The van der Waals surface area contributed by atoms with E-state index in [0.29, 0.717) is 11.6 Å². The van der Waals surface area contributed by atoms with Gasteiger partial charge in [0.1, 0.15) is 5.15 Å². The monoisotopic (exact) mass is 420 g/mol. The topological polar surface area (TPSA) is 76.6 Å². The quantitative estimate of drug-likeness (QED) is 0.709. The van der Waals surface area contributed by atoms with Gasteiger partial charge in [0.15, 0.2) is 9.84 Å². The summed E-state index contributed by atoms with van der Waals surface area (Å²) < 4.78 is 32.2. The van der Waals surface area contributed by atoms with Crippen LogP contribution in [0.5, 0.6) is 0 Å². The molecule has 0 radical (unpaired) electrons. The summed E-state index contributed by atoms with van der Waals surface area (Å²) in [5.74, 6) is -0.381. The summed E-state index contributed by atoms with van der Waals surface area (Å²) in [5.41, 5.74) is 1.76. The van der Waals surface area contributed by atoms with Gasteiger partial charge in [-0.15, -0.1) is 0 Å². The third-order valence-electron chi connectivity index (χ3n) is 5.85. The van der Waals surface area contributed by atoms with Gasteiger partial charge in [0, 0.05) is 18.2 Å². The number of ether oxygens (including phenoxy) is 1. The molecule has 2 fully saturated rings. The zero-order valence-electron chi connectivity index (χ0n) is 15.6. The summed E-state index contributed by atoms with van der Waals surface area (Å²) in [5, 5.41) is -0.411. The molecule has 1 aromatic carbocycles. The lowest BCUT2D eigenvalue weighted by atomic mass is 9.84. The molecule has 2 saturated heterocycles. The molecule has 0 N–H and O–H groups in total. The number of pyridine rings is 1. The number of benzene rings is 1. The highest BCUT2D eigenvalue weighted by Gasteiger charge is 2.60. The Bertz CT molecular complexity index is 992. The van der Waals surface area contributed by atoms with Gasteiger partial charge in [-0.25, -0.2) is 18.2 Å². The summed E-state index contributed by atoms with van der Waals surface area (Å²) in [4.78, 5) is 18.4. The minimum atomic E-state index is -3.68. The predicted octanol–water partition coefficient (Wildman–Crippen LogP) is 3.58. The third kappa shape index (κ3) is 2.97. The number of amides is 1. The summed E-state index contributed by atoms with van der Waals surface area (Å²) in [6.45, 7) is 1.91. The van der Waals surface area contributed by atoms with Crippen LogP contribution >= 0.6 is 11.6 Å². The maximum Gasteiger partial charge on any atom is 0.410 e. The van der Waals surface area contributed by atoms with E-state index in [1.807, 2.05) is 6.92 Å². The van der Waals surface area contributed by atoms with Crippen molar-refractivity contribution < 1.29 is 17.9 Å². The number of nitrogens with zero attached hydrogens (tertiary/aromatic N) is 2. The fraction of sp³-hybridized carbons (Fsp3) is 0.400. The van der Waals surface area contributed by atoms with Crippen molar-refractivity contribution in [3.05, 3.63) is 58.9 Å². The zero-order valence-corrected chi connectivity index (χ0v) is 17.2. The molecule has 0 unspecified atom stereocenters. The number of aromatic nitrogens is 1. The molecule has 2 aliphatic rings. The number of halogens is 1. The fourth-order valence-corrected chi connectivity index (χ4v) is 7.00. The molecule has 0 spiro atoms. The molecule has 4 rings (SSSR count). The van der Waals surface area contributed by atoms with E-state index in [9.17, 15) is 13.2 Å². The number of fused-ring (bicyclic) bond motifs is 2. The van der Waals surface area contributed by atoms with Crippen LogP contribution in [-0.4, -0.2) is 48.8 Å². The lowest BCUT2D eigenvalue weighted by Crippen LogP contribution is -2.40. The Morgan fingerprint density at radius 3 is 2.43 bits per heavy atom. The van der Waals surface area contributed by atoms with E-state index < -0.39 is 27.2 Å². The van der Waals surface area contributed by atoms with Crippen LogP contribution in [0.2, 0.25) is 5.15 Å². The van der Waals surface area contributed by atoms with E-state index in [-0.39, 0.29) is 16.9 Å². The summed E-state index contributed by atoms with van der Waals surface area (Å²) in [6.07, 6.45) is 2.49. The number of sulfone groups is 1. The van der Waals surface area contributed by atoms with E-state index in [0.717, 1.165) is 17.5 Å². The van der Waals surface area contributed by atoms with Gasteiger partial charge in [-0.05, 0) is 43.5 Å². The van der Waals surface area contributed by atoms with Crippen LogP contribution in [0.15, 0.2) is 47.5 Å². The first kappa shape index (κ1) is 19.2. The van der Waals surface area contributed by atoms with Crippen molar-refractivity contribution >= 4 is 27.5 Å². The highest BCUT2D eigenvalue weighted by molar-refractivity contribution is 7.92. The summed E-state index contributed by atoms with van der Waals surface area (Å²) >= 11 is 5.92. The van der Waals surface area contributed by atoms with Crippen LogP contribution in [0.4, 0.5) is 4.79 Å². The van der Waals surface area contributed by atoms with Crippen LogP contribution in [0.1, 0.15) is 29.9 Å². The number of hydrogen-bond acceptors (Lipinski definition) is 5. The second kappa shape index (κ2) is 7.04. The maximum atomic E-state index is 13.6. The standard InChI is InChI=1S/C20H21ClN2O4S/c1-12-3-6-14(7-4-12)28(25,26)19-16-9-8-15(23(16)20(24)27-2)18(19)13-5-10-17(21)22-11-13/h3-7,10-11,15-16,18-19H,8-9H2,1-2H3/t15-,16+,18-,19-/m1/s1. The van der Waals surface area contributed by atoms with Crippen molar-refractivity contribution in [2.45, 2.75) is 47.9 Å². The van der Waals surface area contributed by atoms with Gasteiger partial charge in [-0.3, -0.25) is 0 Å². The molecular formula is C20H21ClN2O4S. The van der Waals surface area contributed by atoms with E-state index in [4.69, 9.17) is 16.3 Å². The molecule has 4 atom stereocenters. The Labute approximate surface area is 169 Å². The highest BCUT2D eigenvalue weighted by atomic mass is 35.5. The van der Waals surface area contributed by atoms with E-state index >= 15 is 0 Å². The summed E-state index contributed by atoms with van der Waals surface area (Å²) in [7, 11) is -2.36. The molecule has 6 nitrogen and oxygen atoms in total. The molecule has 0 aliphatic carbocycles. The van der Waals surface area contributed by atoms with Crippen molar-refractivity contribution in [2.24, 2.45) is 0 Å². The van der Waals surface area contributed by atoms with Gasteiger partial charge in [-0.2, -0.15) is 0 Å². The van der Waals surface area contributed by atoms with Gasteiger partial charge in [-0.1, -0.05) is 35.4 Å². The molecule has 2 aliphatic heterocycles. The molecule has 2 aromatic rings. The number of methoxy groups -OCH3 is 1. The largest absolute Gasteiger partial charge is 0.453 e. The molecule has 1 amide bonds. The Balaban J connectivity index is 1.83. The number of carbonyl (C=O) groups is 1. The predicted molar refractivity (Wildman–Crippen MR) is 105 cm³/mol. The van der Waals surface area contributed by atoms with Crippen molar-refractivity contribution in [3.8, 4) is 0 Å². The molecule has 28 heavy (non-hydrogen) atoms. The lowest BCUT2D eigenvalue weighted by molar-refractivity contribution is 0.117. The van der Waals surface area contributed by atoms with E-state index in [1.54, 1.807) is 47.5 Å². The Morgan fingerprint density at radius 2 is 1.82 bits per heavy atom. The van der Waals surface area contributed by atoms with Crippen LogP contribution in [0.3, 0.4) is 0 Å². The van der Waals surface area contributed by atoms with Crippen molar-refractivity contribution in [1.82, 2.24) is 9.88 Å². The number of aryl methyl sites for hydroxylation is 1. The second-order valence-corrected chi connectivity index (χ2v) is 9.85. The average molecular weight is 421 g/mol. The molecular weight excluding hydrogens is 400 g/mol. The maximum absolute atomic E-state index is 13.6. The first-order valence-electron chi connectivity index (χ1n) is 9.13. The Morgan fingerprint density at radius 1 is 1.14 bits per heavy atom. The van der Waals surface area contributed by atoms with Crippen LogP contribution < -0.4 is 0 Å². The minimum Gasteiger partial charge on any atom is -0.453 e. The molecule has 3 heterocycles.